The standard InChI is InChI=1S/C41H37Cl6N5O4/c1-51(23-25-53)33-19-9-27(10-20-33)5-3-7-29-13-14-30(35(29)54)8-4-6-28-11-21-34(22-12-28)52(2)24-26-56-37(55)32-17-15-31(16-18-32)36-48-38(40(42,43)44)50-39(49-36)41(45,46)47/h3-12,15-22,53H,13-14,23-26H2,1-2H3/b5-3+,6-4+,29-7+,30-8+. The van der Waals surface area contributed by atoms with Gasteiger partial charge in [-0.1, -0.05) is 142 Å². The van der Waals surface area contributed by atoms with Crippen LogP contribution in [0.15, 0.2) is 108 Å². The number of aliphatic hydroxyl groups is 1. The molecule has 3 aromatic carbocycles. The van der Waals surface area contributed by atoms with E-state index in [0.29, 0.717) is 37.1 Å². The Morgan fingerprint density at radius 3 is 1.62 bits per heavy atom. The van der Waals surface area contributed by atoms with Crippen LogP contribution in [-0.4, -0.2) is 72.2 Å². The van der Waals surface area contributed by atoms with E-state index in [9.17, 15) is 9.59 Å². The van der Waals surface area contributed by atoms with Crippen molar-refractivity contribution in [3.8, 4) is 11.4 Å². The van der Waals surface area contributed by atoms with Gasteiger partial charge in [0.1, 0.15) is 6.61 Å². The maximum Gasteiger partial charge on any atom is 0.338 e. The number of benzene rings is 3. The van der Waals surface area contributed by atoms with Crippen LogP contribution in [0.2, 0.25) is 0 Å². The molecule has 5 rings (SSSR count). The molecule has 56 heavy (non-hydrogen) atoms. The molecular weight excluding hydrogens is 839 g/mol. The smallest absolute Gasteiger partial charge is 0.338 e. The predicted molar refractivity (Wildman–Crippen MR) is 229 cm³/mol. The summed E-state index contributed by atoms with van der Waals surface area (Å²) in [5, 5.41) is 9.13. The number of esters is 1. The van der Waals surface area contributed by atoms with E-state index in [1.165, 1.54) is 0 Å². The molecule has 9 nitrogen and oxygen atoms in total. The van der Waals surface area contributed by atoms with Crippen LogP contribution >= 0.6 is 69.6 Å². The Morgan fingerprint density at radius 2 is 1.18 bits per heavy atom. The van der Waals surface area contributed by atoms with Crippen LogP contribution in [0, 0.1) is 0 Å². The first-order valence-electron chi connectivity index (χ1n) is 17.3. The molecule has 15 heteroatoms. The fraction of sp³-hybridized carbons (Fsp3) is 0.244. The zero-order valence-corrected chi connectivity index (χ0v) is 34.8. The molecule has 1 saturated carbocycles. The van der Waals surface area contributed by atoms with Gasteiger partial charge in [0.25, 0.3) is 0 Å². The van der Waals surface area contributed by atoms with Crippen molar-refractivity contribution >= 4 is 105 Å². The number of halogens is 6. The number of carbonyl (C=O) groups excluding carboxylic acids is 2. The van der Waals surface area contributed by atoms with Crippen LogP contribution in [0.5, 0.6) is 0 Å². The number of carbonyl (C=O) groups is 2. The van der Waals surface area contributed by atoms with Gasteiger partial charge >= 0.3 is 5.97 Å². The molecule has 0 aliphatic heterocycles. The number of ketones is 1. The van der Waals surface area contributed by atoms with E-state index >= 15 is 0 Å². The predicted octanol–water partition coefficient (Wildman–Crippen LogP) is 9.86. The first-order valence-corrected chi connectivity index (χ1v) is 19.6. The van der Waals surface area contributed by atoms with Gasteiger partial charge in [0.05, 0.1) is 18.7 Å². The molecule has 0 spiro atoms. The second-order valence-electron chi connectivity index (χ2n) is 12.7. The van der Waals surface area contributed by atoms with E-state index in [4.69, 9.17) is 79.4 Å². The van der Waals surface area contributed by atoms with Gasteiger partial charge in [-0.15, -0.1) is 0 Å². The van der Waals surface area contributed by atoms with E-state index < -0.39 is 13.6 Å². The molecule has 0 atom stereocenters. The third-order valence-electron chi connectivity index (χ3n) is 8.70. The van der Waals surface area contributed by atoms with Gasteiger partial charge in [0, 0.05) is 48.7 Å². The second kappa shape index (κ2) is 19.5. The van der Waals surface area contributed by atoms with E-state index in [1.807, 2.05) is 109 Å². The van der Waals surface area contributed by atoms with Gasteiger partial charge in [0.15, 0.2) is 23.3 Å². The first kappa shape index (κ1) is 43.2. The van der Waals surface area contributed by atoms with Gasteiger partial charge in [-0.3, -0.25) is 4.79 Å². The number of anilines is 2. The summed E-state index contributed by atoms with van der Waals surface area (Å²) in [4.78, 5) is 42.0. The van der Waals surface area contributed by atoms with E-state index in [0.717, 1.165) is 33.6 Å². The Hall–Kier alpha value is -3.93. The van der Waals surface area contributed by atoms with Gasteiger partial charge in [0.2, 0.25) is 7.59 Å². The summed E-state index contributed by atoms with van der Waals surface area (Å²) in [6, 6.07) is 22.3. The van der Waals surface area contributed by atoms with Crippen molar-refractivity contribution in [1.29, 1.82) is 0 Å². The van der Waals surface area contributed by atoms with Crippen molar-refractivity contribution in [3.63, 3.8) is 0 Å². The number of likely N-dealkylation sites (N-methyl/N-ethyl adjacent to an activating group) is 2. The summed E-state index contributed by atoms with van der Waals surface area (Å²) in [7, 11) is 3.84. The molecule has 0 radical (unpaired) electrons. The molecule has 1 N–H and O–H groups in total. The minimum absolute atomic E-state index is 0.0723. The number of hydrogen-bond donors (Lipinski definition) is 1. The molecule has 0 saturated heterocycles. The number of hydrogen-bond acceptors (Lipinski definition) is 9. The molecule has 4 aromatic rings. The highest BCUT2D eigenvalue weighted by molar-refractivity contribution is 6.67. The van der Waals surface area contributed by atoms with Crippen LogP contribution in [-0.2, 0) is 17.1 Å². The summed E-state index contributed by atoms with van der Waals surface area (Å²) in [5.41, 5.74) is 6.35. The highest BCUT2D eigenvalue weighted by Crippen LogP contribution is 2.40. The zero-order chi connectivity index (χ0) is 40.5. The lowest BCUT2D eigenvalue weighted by Gasteiger charge is -2.19. The number of Topliss-reactive ketones (excluding diaryl/α,β-unsaturated/α-hetero) is 1. The number of rotatable bonds is 13. The minimum atomic E-state index is -1.99. The molecule has 0 unspecified atom stereocenters. The second-order valence-corrected chi connectivity index (χ2v) is 17.3. The average Bonchev–Trinajstić information content (AvgIpc) is 3.52. The minimum Gasteiger partial charge on any atom is -0.460 e. The Labute approximate surface area is 355 Å². The third-order valence-corrected chi connectivity index (χ3v) is 9.72. The largest absolute Gasteiger partial charge is 0.460 e. The number of allylic oxidation sites excluding steroid dienone is 6. The Morgan fingerprint density at radius 1 is 0.714 bits per heavy atom. The number of aromatic nitrogens is 3. The van der Waals surface area contributed by atoms with Crippen LogP contribution in [0.3, 0.4) is 0 Å². The molecule has 1 aliphatic rings. The van der Waals surface area contributed by atoms with Crippen LogP contribution in [0.4, 0.5) is 11.4 Å². The topological polar surface area (TPSA) is 109 Å². The van der Waals surface area contributed by atoms with Gasteiger partial charge in [-0.2, -0.15) is 0 Å². The Balaban J connectivity index is 1.09. The molecular formula is C41H37Cl6N5O4. The molecule has 1 aliphatic carbocycles. The first-order chi connectivity index (χ1) is 26.6. The van der Waals surface area contributed by atoms with Crippen molar-refractivity contribution < 1.29 is 19.4 Å². The van der Waals surface area contributed by atoms with Crippen molar-refractivity contribution in [2.45, 2.75) is 20.4 Å². The lowest BCUT2D eigenvalue weighted by molar-refractivity contribution is -0.111. The maximum atomic E-state index is 12.9. The van der Waals surface area contributed by atoms with E-state index in [1.54, 1.807) is 24.3 Å². The van der Waals surface area contributed by atoms with Crippen molar-refractivity contribution in [3.05, 3.63) is 137 Å². The lowest BCUT2D eigenvalue weighted by atomic mass is 10.1. The molecule has 0 bridgehead atoms. The molecule has 1 aromatic heterocycles. The van der Waals surface area contributed by atoms with Crippen LogP contribution in [0.1, 0.15) is 46.0 Å². The highest BCUT2D eigenvalue weighted by Gasteiger charge is 2.34. The number of ether oxygens (including phenoxy) is 1. The SMILES string of the molecule is CN(CCO)c1ccc(/C=C/C=C2\CC/C(=C\C=C\c3ccc(N(C)CCOC(=O)c4ccc(-c5nc(C(Cl)(Cl)Cl)nc(C(Cl)(Cl)Cl)n5)cc4)cc3)C2=O)cc1. The van der Waals surface area contributed by atoms with Crippen molar-refractivity contribution in [2.24, 2.45) is 0 Å². The molecule has 0 amide bonds. The van der Waals surface area contributed by atoms with Gasteiger partial charge in [-0.25, -0.2) is 19.7 Å². The summed E-state index contributed by atoms with van der Waals surface area (Å²) < 4.78 is 1.52. The highest BCUT2D eigenvalue weighted by atomic mass is 35.6. The monoisotopic (exact) mass is 873 g/mol. The Kier molecular flexibility index (Phi) is 15.0. The molecule has 292 valence electrons. The fourth-order valence-corrected chi connectivity index (χ4v) is 6.04. The zero-order valence-electron chi connectivity index (χ0n) is 30.3. The van der Waals surface area contributed by atoms with Crippen LogP contribution < -0.4 is 9.80 Å². The Bertz CT molecular complexity index is 2090. The van der Waals surface area contributed by atoms with Gasteiger partial charge in [-0.05, 0) is 60.4 Å². The summed E-state index contributed by atoms with van der Waals surface area (Å²) in [6.07, 6.45) is 12.9. The summed E-state index contributed by atoms with van der Waals surface area (Å²) in [5.74, 6) is -0.801. The molecule has 1 heterocycles. The summed E-state index contributed by atoms with van der Waals surface area (Å²) >= 11 is 35.8. The van der Waals surface area contributed by atoms with E-state index in [2.05, 4.69) is 15.0 Å². The molecule has 1 fully saturated rings. The fourth-order valence-electron chi connectivity index (χ4n) is 5.53. The number of aliphatic hydroxyl groups excluding tert-OH is 1. The normalized spacial score (nSPS) is 15.1. The maximum absolute atomic E-state index is 12.9. The van der Waals surface area contributed by atoms with Crippen LogP contribution in [0.25, 0.3) is 23.5 Å². The van der Waals surface area contributed by atoms with E-state index in [-0.39, 0.29) is 36.5 Å². The lowest BCUT2D eigenvalue weighted by Crippen LogP contribution is -2.23. The van der Waals surface area contributed by atoms with Crippen molar-refractivity contribution in [2.75, 3.05) is 50.2 Å². The third kappa shape index (κ3) is 12.0. The van der Waals surface area contributed by atoms with Gasteiger partial charge < -0.3 is 19.6 Å². The quantitative estimate of drug-likeness (QED) is 0.0798. The average molecular weight is 876 g/mol. The van der Waals surface area contributed by atoms with Crippen molar-refractivity contribution in [1.82, 2.24) is 15.0 Å². The summed E-state index contributed by atoms with van der Waals surface area (Å²) in [6.45, 7) is 1.28. The number of nitrogens with zero attached hydrogens (tertiary/aromatic N) is 5. The number of alkyl halides is 6.